The van der Waals surface area contributed by atoms with Crippen molar-refractivity contribution >= 4 is 23.2 Å². The molecule has 152 valence electrons. The van der Waals surface area contributed by atoms with Gasteiger partial charge in [-0.2, -0.15) is 5.10 Å². The first-order chi connectivity index (χ1) is 14.6. The summed E-state index contributed by atoms with van der Waals surface area (Å²) in [6, 6.07) is 18.1. The minimum absolute atomic E-state index is 0.0713. The third-order valence-electron chi connectivity index (χ3n) is 4.66. The number of phenols is 1. The van der Waals surface area contributed by atoms with Crippen LogP contribution >= 0.6 is 23.2 Å². The summed E-state index contributed by atoms with van der Waals surface area (Å²) in [5, 5.41) is 18.7. The van der Waals surface area contributed by atoms with Gasteiger partial charge in [-0.25, -0.2) is 0 Å². The Hall–Kier alpha value is -3.15. The van der Waals surface area contributed by atoms with Crippen molar-refractivity contribution in [3.05, 3.63) is 82.5 Å². The second-order valence-electron chi connectivity index (χ2n) is 6.58. The van der Waals surface area contributed by atoms with E-state index in [0.29, 0.717) is 33.7 Å². The van der Waals surface area contributed by atoms with Gasteiger partial charge in [0.2, 0.25) is 0 Å². The standard InChI is InChI=1S/C23H18Cl2N2O3/c1-29-22-5-3-2-4-16(22)18-12-26-27-23(18)17-8-7-15(11-21(17)28)30-13-14-6-9-19(24)20(25)10-14/h2-12,28H,13H2,1H3,(H,26,27). The van der Waals surface area contributed by atoms with Gasteiger partial charge in [0.05, 0.1) is 29.0 Å². The Labute approximate surface area is 183 Å². The number of hydrogen-bond donors (Lipinski definition) is 2. The molecule has 0 aliphatic rings. The zero-order chi connectivity index (χ0) is 21.1. The average molecular weight is 441 g/mol. The highest BCUT2D eigenvalue weighted by atomic mass is 35.5. The monoisotopic (exact) mass is 440 g/mol. The second kappa shape index (κ2) is 8.69. The van der Waals surface area contributed by atoms with Gasteiger partial charge in [-0.1, -0.05) is 47.5 Å². The lowest BCUT2D eigenvalue weighted by atomic mass is 10.0. The molecule has 0 aliphatic carbocycles. The van der Waals surface area contributed by atoms with E-state index in [1.54, 1.807) is 43.6 Å². The molecule has 0 spiro atoms. The molecule has 4 rings (SSSR count). The van der Waals surface area contributed by atoms with Crippen LogP contribution in [0.4, 0.5) is 0 Å². The third kappa shape index (κ3) is 4.08. The molecule has 30 heavy (non-hydrogen) atoms. The highest BCUT2D eigenvalue weighted by Gasteiger charge is 2.16. The average Bonchev–Trinajstić information content (AvgIpc) is 3.24. The van der Waals surface area contributed by atoms with Gasteiger partial charge >= 0.3 is 0 Å². The van der Waals surface area contributed by atoms with Gasteiger partial charge in [0, 0.05) is 22.8 Å². The van der Waals surface area contributed by atoms with Crippen molar-refractivity contribution in [2.24, 2.45) is 0 Å². The SMILES string of the molecule is COc1ccccc1-c1cn[nH]c1-c1ccc(OCc2ccc(Cl)c(Cl)c2)cc1O. The van der Waals surface area contributed by atoms with Crippen LogP contribution in [0.2, 0.25) is 10.0 Å². The Balaban J connectivity index is 1.59. The summed E-state index contributed by atoms with van der Waals surface area (Å²) in [4.78, 5) is 0. The number of nitrogens with one attached hydrogen (secondary N) is 1. The summed E-state index contributed by atoms with van der Waals surface area (Å²) in [6.45, 7) is 0.298. The molecule has 2 N–H and O–H groups in total. The van der Waals surface area contributed by atoms with E-state index in [0.717, 1.165) is 22.4 Å². The van der Waals surface area contributed by atoms with Crippen LogP contribution in [-0.2, 0) is 6.61 Å². The predicted octanol–water partition coefficient (Wildman–Crippen LogP) is 6.34. The molecule has 0 unspecified atom stereocenters. The molecule has 0 fully saturated rings. The van der Waals surface area contributed by atoms with Gasteiger partial charge in [-0.15, -0.1) is 0 Å². The maximum Gasteiger partial charge on any atom is 0.128 e. The quantitative estimate of drug-likeness (QED) is 0.366. The van der Waals surface area contributed by atoms with Crippen molar-refractivity contribution in [1.29, 1.82) is 0 Å². The number of halogens is 2. The van der Waals surface area contributed by atoms with E-state index in [2.05, 4.69) is 10.2 Å². The molecule has 7 heteroatoms. The van der Waals surface area contributed by atoms with Crippen LogP contribution < -0.4 is 9.47 Å². The topological polar surface area (TPSA) is 67.4 Å². The number of aromatic amines is 1. The zero-order valence-electron chi connectivity index (χ0n) is 16.0. The summed E-state index contributed by atoms with van der Waals surface area (Å²) in [5.41, 5.74) is 3.87. The lowest BCUT2D eigenvalue weighted by Gasteiger charge is -2.12. The predicted molar refractivity (Wildman–Crippen MR) is 118 cm³/mol. The van der Waals surface area contributed by atoms with Gasteiger partial charge < -0.3 is 14.6 Å². The number of benzene rings is 3. The first-order valence-electron chi connectivity index (χ1n) is 9.13. The van der Waals surface area contributed by atoms with E-state index in [1.165, 1.54) is 0 Å². The molecule has 4 aromatic rings. The molecule has 0 radical (unpaired) electrons. The smallest absolute Gasteiger partial charge is 0.128 e. The van der Waals surface area contributed by atoms with Crippen molar-refractivity contribution in [3.63, 3.8) is 0 Å². The minimum atomic E-state index is 0.0713. The maximum atomic E-state index is 10.6. The summed E-state index contributed by atoms with van der Waals surface area (Å²) in [5.74, 6) is 1.32. The molecule has 0 amide bonds. The van der Waals surface area contributed by atoms with Crippen molar-refractivity contribution in [2.45, 2.75) is 6.61 Å². The number of aromatic nitrogens is 2. The van der Waals surface area contributed by atoms with E-state index >= 15 is 0 Å². The number of H-pyrrole nitrogens is 1. The molecule has 0 bridgehead atoms. The van der Waals surface area contributed by atoms with E-state index in [1.807, 2.05) is 30.3 Å². The molecule has 1 heterocycles. The van der Waals surface area contributed by atoms with Gasteiger partial charge in [-0.3, -0.25) is 5.10 Å². The summed E-state index contributed by atoms with van der Waals surface area (Å²) in [6.07, 6.45) is 1.71. The van der Waals surface area contributed by atoms with Crippen LogP contribution in [0.3, 0.4) is 0 Å². The van der Waals surface area contributed by atoms with Crippen LogP contribution in [0.25, 0.3) is 22.4 Å². The molecule has 0 atom stereocenters. The van der Waals surface area contributed by atoms with Gasteiger partial charge in [0.1, 0.15) is 23.9 Å². The number of para-hydroxylation sites is 1. The summed E-state index contributed by atoms with van der Waals surface area (Å²) < 4.78 is 11.2. The zero-order valence-corrected chi connectivity index (χ0v) is 17.5. The molecule has 0 aliphatic heterocycles. The highest BCUT2D eigenvalue weighted by Crippen LogP contribution is 2.40. The van der Waals surface area contributed by atoms with Crippen molar-refractivity contribution < 1.29 is 14.6 Å². The molecule has 5 nitrogen and oxygen atoms in total. The first kappa shape index (κ1) is 20.1. The number of phenolic OH excluding ortho intramolecular Hbond substituents is 1. The number of nitrogens with zero attached hydrogens (tertiary/aromatic N) is 1. The van der Waals surface area contributed by atoms with Crippen LogP contribution in [-0.4, -0.2) is 22.4 Å². The number of ether oxygens (including phenoxy) is 2. The fourth-order valence-electron chi connectivity index (χ4n) is 3.17. The molecule has 3 aromatic carbocycles. The Bertz CT molecular complexity index is 1190. The second-order valence-corrected chi connectivity index (χ2v) is 7.39. The largest absolute Gasteiger partial charge is 0.507 e. The van der Waals surface area contributed by atoms with Gasteiger partial charge in [0.25, 0.3) is 0 Å². The fraction of sp³-hybridized carbons (Fsp3) is 0.0870. The molecular weight excluding hydrogens is 423 g/mol. The molecular formula is C23H18Cl2N2O3. The maximum absolute atomic E-state index is 10.6. The minimum Gasteiger partial charge on any atom is -0.507 e. The van der Waals surface area contributed by atoms with Crippen molar-refractivity contribution in [2.75, 3.05) is 7.11 Å². The summed E-state index contributed by atoms with van der Waals surface area (Å²) in [7, 11) is 1.62. The number of hydrogen-bond acceptors (Lipinski definition) is 4. The Kier molecular flexibility index (Phi) is 5.84. The lowest BCUT2D eigenvalue weighted by Crippen LogP contribution is -1.96. The van der Waals surface area contributed by atoms with Gasteiger partial charge in [0.15, 0.2) is 0 Å². The Morgan fingerprint density at radius 1 is 0.933 bits per heavy atom. The number of aromatic hydroxyl groups is 1. The number of rotatable bonds is 6. The van der Waals surface area contributed by atoms with Crippen LogP contribution in [0, 0.1) is 0 Å². The van der Waals surface area contributed by atoms with E-state index in [-0.39, 0.29) is 5.75 Å². The van der Waals surface area contributed by atoms with Crippen LogP contribution in [0.15, 0.2) is 66.9 Å². The van der Waals surface area contributed by atoms with Crippen LogP contribution in [0.1, 0.15) is 5.56 Å². The normalized spacial score (nSPS) is 10.8. The number of methoxy groups -OCH3 is 1. The van der Waals surface area contributed by atoms with Gasteiger partial charge in [-0.05, 0) is 35.9 Å². The van der Waals surface area contributed by atoms with Crippen LogP contribution in [0.5, 0.6) is 17.2 Å². The van der Waals surface area contributed by atoms with E-state index < -0.39 is 0 Å². The fourth-order valence-corrected chi connectivity index (χ4v) is 3.49. The first-order valence-corrected chi connectivity index (χ1v) is 9.89. The third-order valence-corrected chi connectivity index (χ3v) is 5.40. The molecule has 0 saturated heterocycles. The summed E-state index contributed by atoms with van der Waals surface area (Å²) >= 11 is 12.0. The molecule has 0 saturated carbocycles. The van der Waals surface area contributed by atoms with E-state index in [9.17, 15) is 5.11 Å². The van der Waals surface area contributed by atoms with Crippen molar-refractivity contribution in [1.82, 2.24) is 10.2 Å². The lowest BCUT2D eigenvalue weighted by molar-refractivity contribution is 0.304. The van der Waals surface area contributed by atoms with E-state index in [4.69, 9.17) is 32.7 Å². The molecule has 1 aromatic heterocycles. The highest BCUT2D eigenvalue weighted by molar-refractivity contribution is 6.42. The Morgan fingerprint density at radius 3 is 2.53 bits per heavy atom. The van der Waals surface area contributed by atoms with Crippen molar-refractivity contribution in [3.8, 4) is 39.6 Å². The Morgan fingerprint density at radius 2 is 1.77 bits per heavy atom.